The Morgan fingerprint density at radius 3 is 2.07 bits per heavy atom. The number of hydrogen-bond acceptors (Lipinski definition) is 6. The zero-order chi connectivity index (χ0) is 30.8. The molecule has 2 N–H and O–H groups in total. The number of aryl methyl sites for hydroxylation is 1. The summed E-state index contributed by atoms with van der Waals surface area (Å²) < 4.78 is 28.8. The first-order chi connectivity index (χ1) is 19.6. The van der Waals surface area contributed by atoms with E-state index in [1.807, 2.05) is 93.2 Å². The lowest BCUT2D eigenvalue weighted by Gasteiger charge is -2.18. The average Bonchev–Trinajstić information content (AvgIpc) is 2.96. The first-order valence-electron chi connectivity index (χ1n) is 13.6. The molecule has 3 aromatic carbocycles. The van der Waals surface area contributed by atoms with Gasteiger partial charge in [-0.2, -0.15) is 11.8 Å². The molecule has 3 rings (SSSR count). The van der Waals surface area contributed by atoms with Gasteiger partial charge in [0.25, 0.3) is 5.91 Å². The van der Waals surface area contributed by atoms with E-state index < -0.39 is 27.8 Å². The summed E-state index contributed by atoms with van der Waals surface area (Å²) in [5, 5.41) is 12.0. The first-order valence-corrected chi connectivity index (χ1v) is 17.0. The summed E-state index contributed by atoms with van der Waals surface area (Å²) >= 11 is 1.86. The fraction of sp³-hybridized carbons (Fsp3) is 0.375. The van der Waals surface area contributed by atoms with Gasteiger partial charge >= 0.3 is 5.97 Å². The lowest BCUT2D eigenvalue weighted by atomic mass is 9.93. The molecule has 7 nitrogen and oxygen atoms in total. The minimum absolute atomic E-state index is 0.217. The Balaban J connectivity index is 0.00000129. The molecule has 0 fully saturated rings. The molecule has 0 aliphatic carbocycles. The van der Waals surface area contributed by atoms with Gasteiger partial charge in [0.05, 0.1) is 19.0 Å². The van der Waals surface area contributed by atoms with Crippen LogP contribution in [0.5, 0.6) is 0 Å². The van der Waals surface area contributed by atoms with Gasteiger partial charge in [0, 0.05) is 11.8 Å². The van der Waals surface area contributed by atoms with E-state index in [0.29, 0.717) is 24.3 Å². The van der Waals surface area contributed by atoms with Gasteiger partial charge in [-0.25, -0.2) is 13.2 Å². The Morgan fingerprint density at radius 1 is 0.927 bits per heavy atom. The van der Waals surface area contributed by atoms with E-state index in [-0.39, 0.29) is 12.2 Å². The zero-order valence-electron chi connectivity index (χ0n) is 24.8. The summed E-state index contributed by atoms with van der Waals surface area (Å²) in [5.74, 6) is -0.974. The number of nitrogens with one attached hydrogen (secondary N) is 1. The Bertz CT molecular complexity index is 1330. The number of carboxylic acid groups (broad SMARTS) is 1. The molecule has 0 saturated carbocycles. The molecule has 0 spiro atoms. The molecule has 1 amide bonds. The van der Waals surface area contributed by atoms with Crippen molar-refractivity contribution >= 4 is 33.5 Å². The smallest absolute Gasteiger partial charge is 0.326 e. The van der Waals surface area contributed by atoms with Crippen molar-refractivity contribution in [2.45, 2.75) is 53.4 Å². The lowest BCUT2D eigenvalue weighted by molar-refractivity contribution is -0.139. The Labute approximate surface area is 249 Å². The van der Waals surface area contributed by atoms with E-state index in [9.17, 15) is 23.1 Å². The van der Waals surface area contributed by atoms with Crippen LogP contribution in [-0.2, 0) is 32.6 Å². The second-order valence-electron chi connectivity index (χ2n) is 9.03. The van der Waals surface area contributed by atoms with Gasteiger partial charge in [0.15, 0.2) is 0 Å². The Kier molecular flexibility index (Phi) is 16.7. The van der Waals surface area contributed by atoms with Crippen LogP contribution in [0.2, 0.25) is 0 Å². The van der Waals surface area contributed by atoms with Crippen molar-refractivity contribution in [3.05, 3.63) is 95.1 Å². The van der Waals surface area contributed by atoms with Gasteiger partial charge in [-0.1, -0.05) is 81.4 Å². The lowest BCUT2D eigenvalue weighted by Crippen LogP contribution is -2.42. The standard InChI is InChI=1S/C27H29NO6S.C3H8S.C2H6/c1-19-8-6-7-11-22(19)24-16-21(18-34-17-20-9-4-3-5-10-20)12-13-23(24)26(29)28-25(27(30)31)14-15-35(2,32)33;1-3-4-2;1-2/h3-13,16,25H,14-15,17-18H2,1-2H3,(H,28,29)(H,30,31);3H2,1-2H3;1-2H3. The zero-order valence-corrected chi connectivity index (χ0v) is 26.5. The molecule has 1 atom stereocenters. The van der Waals surface area contributed by atoms with Crippen LogP contribution in [0.1, 0.15) is 54.2 Å². The summed E-state index contributed by atoms with van der Waals surface area (Å²) in [6, 6.07) is 21.4. The highest BCUT2D eigenvalue weighted by molar-refractivity contribution is 7.98. The number of carboxylic acids is 1. The number of sulfone groups is 1. The van der Waals surface area contributed by atoms with E-state index in [1.165, 1.54) is 5.75 Å². The highest BCUT2D eigenvalue weighted by atomic mass is 32.2. The Morgan fingerprint density at radius 2 is 1.51 bits per heavy atom. The van der Waals surface area contributed by atoms with E-state index in [0.717, 1.165) is 28.5 Å². The third kappa shape index (κ3) is 13.4. The van der Waals surface area contributed by atoms with Crippen molar-refractivity contribution in [3.8, 4) is 11.1 Å². The second-order valence-corrected chi connectivity index (χ2v) is 12.4. The minimum atomic E-state index is -3.37. The average molecular weight is 602 g/mol. The van der Waals surface area contributed by atoms with E-state index in [2.05, 4.69) is 18.5 Å². The van der Waals surface area contributed by atoms with Crippen LogP contribution in [0, 0.1) is 6.92 Å². The van der Waals surface area contributed by atoms with Gasteiger partial charge in [0.1, 0.15) is 15.9 Å². The quantitative estimate of drug-likeness (QED) is 0.247. The van der Waals surface area contributed by atoms with Crippen molar-refractivity contribution in [1.82, 2.24) is 5.32 Å². The van der Waals surface area contributed by atoms with Crippen molar-refractivity contribution in [2.24, 2.45) is 0 Å². The van der Waals surface area contributed by atoms with Crippen molar-refractivity contribution in [2.75, 3.05) is 24.0 Å². The number of rotatable bonds is 12. The SMILES string of the molecule is CC.CCSC.Cc1ccccc1-c1cc(COCc2ccccc2)ccc1C(=O)NC(CCS(C)(=O)=O)C(=O)O. The van der Waals surface area contributed by atoms with Crippen molar-refractivity contribution in [1.29, 1.82) is 0 Å². The third-order valence-electron chi connectivity index (χ3n) is 5.81. The van der Waals surface area contributed by atoms with Gasteiger partial charge in [-0.15, -0.1) is 0 Å². The summed E-state index contributed by atoms with van der Waals surface area (Å²) in [6.45, 7) is 8.86. The highest BCUT2D eigenvalue weighted by Crippen LogP contribution is 2.28. The predicted molar refractivity (Wildman–Crippen MR) is 170 cm³/mol. The molecule has 224 valence electrons. The normalized spacial score (nSPS) is 11.3. The van der Waals surface area contributed by atoms with Gasteiger partial charge < -0.3 is 15.2 Å². The highest BCUT2D eigenvalue weighted by Gasteiger charge is 2.24. The van der Waals surface area contributed by atoms with E-state index in [4.69, 9.17) is 4.74 Å². The molecule has 0 aromatic heterocycles. The van der Waals surface area contributed by atoms with Crippen LogP contribution in [0.4, 0.5) is 0 Å². The molecule has 3 aromatic rings. The largest absolute Gasteiger partial charge is 0.480 e. The monoisotopic (exact) mass is 601 g/mol. The predicted octanol–water partition coefficient (Wildman–Crippen LogP) is 6.39. The number of benzene rings is 3. The number of hydrogen-bond donors (Lipinski definition) is 2. The topological polar surface area (TPSA) is 110 Å². The summed E-state index contributed by atoms with van der Waals surface area (Å²) in [5.41, 5.74) is 4.66. The molecule has 41 heavy (non-hydrogen) atoms. The molecule has 0 aliphatic rings. The molecule has 0 radical (unpaired) electrons. The maximum absolute atomic E-state index is 13.1. The van der Waals surface area contributed by atoms with Gasteiger partial charge in [-0.05, 0) is 65.3 Å². The van der Waals surface area contributed by atoms with E-state index >= 15 is 0 Å². The minimum Gasteiger partial charge on any atom is -0.480 e. The Hall–Kier alpha value is -3.14. The molecule has 1 unspecified atom stereocenters. The number of thioether (sulfide) groups is 1. The summed E-state index contributed by atoms with van der Waals surface area (Å²) in [4.78, 5) is 24.8. The fourth-order valence-electron chi connectivity index (χ4n) is 3.66. The van der Waals surface area contributed by atoms with Gasteiger partial charge in [-0.3, -0.25) is 4.79 Å². The van der Waals surface area contributed by atoms with Crippen LogP contribution in [-0.4, -0.2) is 55.5 Å². The van der Waals surface area contributed by atoms with Crippen LogP contribution < -0.4 is 5.32 Å². The third-order valence-corrected chi connectivity index (χ3v) is 7.37. The van der Waals surface area contributed by atoms with Crippen molar-refractivity contribution in [3.63, 3.8) is 0 Å². The van der Waals surface area contributed by atoms with Crippen LogP contribution in [0.15, 0.2) is 72.8 Å². The summed E-state index contributed by atoms with van der Waals surface area (Å²) in [6.07, 6.45) is 2.91. The molecule has 9 heteroatoms. The molecule has 0 bridgehead atoms. The first kappa shape index (κ1) is 35.9. The summed E-state index contributed by atoms with van der Waals surface area (Å²) in [7, 11) is -3.37. The molecular weight excluding hydrogens is 558 g/mol. The van der Waals surface area contributed by atoms with Crippen LogP contribution in [0.25, 0.3) is 11.1 Å². The van der Waals surface area contributed by atoms with Crippen molar-refractivity contribution < 1.29 is 27.9 Å². The van der Waals surface area contributed by atoms with E-state index in [1.54, 1.807) is 12.1 Å². The second kappa shape index (κ2) is 19.1. The maximum atomic E-state index is 13.1. The number of aliphatic carboxylic acids is 1. The fourth-order valence-corrected chi connectivity index (χ4v) is 4.33. The van der Waals surface area contributed by atoms with Crippen LogP contribution >= 0.6 is 11.8 Å². The van der Waals surface area contributed by atoms with Gasteiger partial charge in [0.2, 0.25) is 0 Å². The maximum Gasteiger partial charge on any atom is 0.326 e. The molecule has 0 aliphatic heterocycles. The molecule has 0 saturated heterocycles. The molecule has 0 heterocycles. The number of amides is 1. The van der Waals surface area contributed by atoms with Crippen LogP contribution in [0.3, 0.4) is 0 Å². The number of carbonyl (C=O) groups excluding carboxylic acids is 1. The number of ether oxygens (including phenoxy) is 1. The number of carbonyl (C=O) groups is 2. The molecular formula is C32H43NO6S2.